The van der Waals surface area contributed by atoms with Gasteiger partial charge in [0.2, 0.25) is 5.91 Å². The molecule has 3 heterocycles. The first kappa shape index (κ1) is 22.8. The average Bonchev–Trinajstić information content (AvgIpc) is 3.58. The molecule has 0 aliphatic carbocycles. The summed E-state index contributed by atoms with van der Waals surface area (Å²) in [6.45, 7) is 0.467. The Morgan fingerprint density at radius 1 is 1.12 bits per heavy atom. The molecule has 8 heteroatoms. The van der Waals surface area contributed by atoms with Gasteiger partial charge in [-0.1, -0.05) is 54.1 Å². The molecule has 1 N–H and O–H groups in total. The minimum atomic E-state index is -0.817. The summed E-state index contributed by atoms with van der Waals surface area (Å²) in [5.41, 5.74) is 2.84. The summed E-state index contributed by atoms with van der Waals surface area (Å²) in [5.74, 6) is -0.670. The smallest absolute Gasteiger partial charge is 0.262 e. The fraction of sp³-hybridized carbons (Fsp3) is 0.269. The number of benzene rings is 2. The van der Waals surface area contributed by atoms with Gasteiger partial charge in [-0.05, 0) is 46.7 Å². The fourth-order valence-electron chi connectivity index (χ4n) is 4.56. The Morgan fingerprint density at radius 2 is 1.88 bits per heavy atom. The molecule has 34 heavy (non-hydrogen) atoms. The molecule has 0 spiro atoms. The predicted molar refractivity (Wildman–Crippen MR) is 131 cm³/mol. The lowest BCUT2D eigenvalue weighted by Gasteiger charge is -2.27. The van der Waals surface area contributed by atoms with Crippen molar-refractivity contribution in [2.45, 2.75) is 31.0 Å². The van der Waals surface area contributed by atoms with E-state index in [1.165, 1.54) is 11.3 Å². The number of hydrogen-bond donors (Lipinski definition) is 1. The van der Waals surface area contributed by atoms with Crippen LogP contribution in [-0.2, 0) is 20.7 Å². The third-order valence-corrected chi connectivity index (χ3v) is 7.46. The molecule has 6 nitrogen and oxygen atoms in total. The lowest BCUT2D eigenvalue weighted by Crippen LogP contribution is -2.53. The second kappa shape index (κ2) is 9.70. The number of hydrogen-bond acceptors (Lipinski definition) is 5. The zero-order valence-corrected chi connectivity index (χ0v) is 19.9. The molecular weight excluding hydrogens is 472 g/mol. The first-order chi connectivity index (χ1) is 16.5. The SMILES string of the molecule is O=C(NC(Cc1ccc(Cl)cc1)C(=O)N1CCC2OCC(=O)C21)c1cc(-c2ccccc2)cs1. The highest BCUT2D eigenvalue weighted by atomic mass is 35.5. The van der Waals surface area contributed by atoms with Gasteiger partial charge >= 0.3 is 0 Å². The van der Waals surface area contributed by atoms with Crippen molar-refractivity contribution in [1.29, 1.82) is 0 Å². The maximum absolute atomic E-state index is 13.6. The van der Waals surface area contributed by atoms with Gasteiger partial charge in [-0.15, -0.1) is 11.3 Å². The number of rotatable bonds is 6. The van der Waals surface area contributed by atoms with Crippen LogP contribution in [0.15, 0.2) is 66.0 Å². The summed E-state index contributed by atoms with van der Waals surface area (Å²) >= 11 is 7.35. The number of nitrogens with zero attached hydrogens (tertiary/aromatic N) is 1. The Hall–Kier alpha value is -3.00. The Labute approximate surface area is 206 Å². The van der Waals surface area contributed by atoms with E-state index in [1.807, 2.05) is 53.9 Å². The van der Waals surface area contributed by atoms with E-state index in [9.17, 15) is 14.4 Å². The van der Waals surface area contributed by atoms with E-state index < -0.39 is 12.1 Å². The Balaban J connectivity index is 1.37. The number of thiophene rings is 1. The number of fused-ring (bicyclic) bond motifs is 1. The van der Waals surface area contributed by atoms with E-state index in [1.54, 1.807) is 17.0 Å². The minimum absolute atomic E-state index is 0.0325. The molecule has 3 aromatic rings. The van der Waals surface area contributed by atoms with Crippen LogP contribution < -0.4 is 5.32 Å². The molecule has 5 rings (SSSR count). The highest BCUT2D eigenvalue weighted by molar-refractivity contribution is 7.12. The van der Waals surface area contributed by atoms with Crippen molar-refractivity contribution in [2.24, 2.45) is 0 Å². The van der Waals surface area contributed by atoms with Crippen LogP contribution in [0.3, 0.4) is 0 Å². The van der Waals surface area contributed by atoms with E-state index in [0.717, 1.165) is 16.7 Å². The van der Waals surface area contributed by atoms with Crippen molar-refractivity contribution in [1.82, 2.24) is 10.2 Å². The predicted octanol–water partition coefficient (Wildman–Crippen LogP) is 3.98. The summed E-state index contributed by atoms with van der Waals surface area (Å²) in [6, 6.07) is 17.5. The summed E-state index contributed by atoms with van der Waals surface area (Å²) < 4.78 is 5.53. The van der Waals surface area contributed by atoms with E-state index in [0.29, 0.717) is 29.3 Å². The van der Waals surface area contributed by atoms with Gasteiger partial charge in [-0.2, -0.15) is 0 Å². The van der Waals surface area contributed by atoms with Gasteiger partial charge in [0, 0.05) is 18.0 Å². The molecule has 1 aromatic heterocycles. The van der Waals surface area contributed by atoms with Crippen LogP contribution >= 0.6 is 22.9 Å². The van der Waals surface area contributed by atoms with Crippen molar-refractivity contribution in [3.63, 3.8) is 0 Å². The lowest BCUT2D eigenvalue weighted by molar-refractivity contribution is -0.138. The summed E-state index contributed by atoms with van der Waals surface area (Å²) in [6.07, 6.45) is 0.658. The number of ketones is 1. The topological polar surface area (TPSA) is 75.7 Å². The van der Waals surface area contributed by atoms with E-state index in [4.69, 9.17) is 16.3 Å². The molecule has 0 saturated carbocycles. The van der Waals surface area contributed by atoms with Gasteiger partial charge in [0.05, 0.1) is 11.0 Å². The van der Waals surface area contributed by atoms with Crippen LogP contribution in [0.25, 0.3) is 11.1 Å². The molecule has 2 fully saturated rings. The van der Waals surface area contributed by atoms with Gasteiger partial charge < -0.3 is 15.0 Å². The largest absolute Gasteiger partial charge is 0.368 e. The summed E-state index contributed by atoms with van der Waals surface area (Å²) in [7, 11) is 0. The van der Waals surface area contributed by atoms with Crippen molar-refractivity contribution in [2.75, 3.05) is 13.2 Å². The number of carbonyl (C=O) groups is 3. The summed E-state index contributed by atoms with van der Waals surface area (Å²) in [5, 5.41) is 5.45. The van der Waals surface area contributed by atoms with Crippen molar-refractivity contribution >= 4 is 40.5 Å². The molecule has 2 aromatic carbocycles. The van der Waals surface area contributed by atoms with Gasteiger partial charge in [-0.25, -0.2) is 0 Å². The normalized spacial score (nSPS) is 20.3. The third kappa shape index (κ3) is 4.64. The van der Waals surface area contributed by atoms with Crippen LogP contribution in [0, 0.1) is 0 Å². The molecule has 2 aliphatic rings. The minimum Gasteiger partial charge on any atom is -0.368 e. The Bertz CT molecular complexity index is 1210. The molecule has 0 radical (unpaired) electrons. The molecular formula is C26H23ClN2O4S. The fourth-order valence-corrected chi connectivity index (χ4v) is 5.51. The average molecular weight is 495 g/mol. The Kier molecular flexibility index (Phi) is 6.50. The van der Waals surface area contributed by atoms with Gasteiger partial charge in [-0.3, -0.25) is 14.4 Å². The van der Waals surface area contributed by atoms with Crippen LogP contribution in [0.4, 0.5) is 0 Å². The van der Waals surface area contributed by atoms with Gasteiger partial charge in [0.1, 0.15) is 18.7 Å². The Morgan fingerprint density at radius 3 is 2.65 bits per heavy atom. The van der Waals surface area contributed by atoms with E-state index >= 15 is 0 Å². The highest BCUT2D eigenvalue weighted by Crippen LogP contribution is 2.29. The third-order valence-electron chi connectivity index (χ3n) is 6.28. The monoisotopic (exact) mass is 494 g/mol. The maximum atomic E-state index is 13.6. The van der Waals surface area contributed by atoms with E-state index in [-0.39, 0.29) is 30.3 Å². The lowest BCUT2D eigenvalue weighted by atomic mass is 10.0. The zero-order valence-electron chi connectivity index (χ0n) is 18.3. The van der Waals surface area contributed by atoms with Crippen LogP contribution in [-0.4, -0.2) is 53.8 Å². The van der Waals surface area contributed by atoms with Crippen molar-refractivity contribution in [3.05, 3.63) is 81.5 Å². The maximum Gasteiger partial charge on any atom is 0.262 e. The molecule has 2 aliphatic heterocycles. The van der Waals surface area contributed by atoms with Crippen LogP contribution in [0.2, 0.25) is 5.02 Å². The van der Waals surface area contributed by atoms with Gasteiger partial charge in [0.25, 0.3) is 5.91 Å². The molecule has 3 unspecified atom stereocenters. The van der Waals surface area contributed by atoms with Crippen LogP contribution in [0.1, 0.15) is 21.7 Å². The standard InChI is InChI=1S/C26H23ClN2O4S/c27-19-8-6-16(7-9-19)12-20(26(32)29-11-10-22-24(29)21(30)14-33-22)28-25(31)23-13-18(15-34-23)17-4-2-1-3-5-17/h1-9,13,15,20,22,24H,10-12,14H2,(H,28,31). The first-order valence-electron chi connectivity index (χ1n) is 11.1. The van der Waals surface area contributed by atoms with Crippen molar-refractivity contribution in [3.8, 4) is 11.1 Å². The second-order valence-electron chi connectivity index (χ2n) is 8.50. The molecule has 174 valence electrons. The van der Waals surface area contributed by atoms with Crippen molar-refractivity contribution < 1.29 is 19.1 Å². The number of Topliss-reactive ketones (excluding diaryl/α,β-unsaturated/α-hetero) is 1. The molecule has 0 bridgehead atoms. The van der Waals surface area contributed by atoms with E-state index in [2.05, 4.69) is 5.32 Å². The quantitative estimate of drug-likeness (QED) is 0.562. The second-order valence-corrected chi connectivity index (χ2v) is 9.85. The summed E-state index contributed by atoms with van der Waals surface area (Å²) in [4.78, 5) is 41.2. The number of halogens is 1. The number of ether oxygens (including phenoxy) is 1. The first-order valence-corrected chi connectivity index (χ1v) is 12.4. The number of likely N-dealkylation sites (tertiary alicyclic amines) is 1. The number of nitrogens with one attached hydrogen (secondary N) is 1. The van der Waals surface area contributed by atoms with Crippen LogP contribution in [0.5, 0.6) is 0 Å². The highest BCUT2D eigenvalue weighted by Gasteiger charge is 2.48. The number of carbonyl (C=O) groups excluding carboxylic acids is 3. The molecule has 2 amide bonds. The van der Waals surface area contributed by atoms with Gasteiger partial charge in [0.15, 0.2) is 5.78 Å². The molecule has 3 atom stereocenters. The number of amides is 2. The zero-order chi connectivity index (χ0) is 23.7. The molecule has 2 saturated heterocycles.